The van der Waals surface area contributed by atoms with E-state index in [-0.39, 0.29) is 19.3 Å². The number of rotatable bonds is 8. The van der Waals surface area contributed by atoms with Crippen molar-refractivity contribution in [1.29, 1.82) is 0 Å². The van der Waals surface area contributed by atoms with Crippen molar-refractivity contribution in [3.8, 4) is 0 Å². The van der Waals surface area contributed by atoms with E-state index in [1.165, 1.54) is 21.6 Å². The van der Waals surface area contributed by atoms with Gasteiger partial charge in [0.05, 0.1) is 13.2 Å². The number of benzene rings is 1. The van der Waals surface area contributed by atoms with Gasteiger partial charge in [-0.1, -0.05) is 19.1 Å². The summed E-state index contributed by atoms with van der Waals surface area (Å²) < 4.78 is 0. The zero-order chi connectivity index (χ0) is 17.7. The molecular formula is C20H29NO2S. The Hall–Kier alpha value is -1.20. The van der Waals surface area contributed by atoms with Crippen LogP contribution < -0.4 is 0 Å². The van der Waals surface area contributed by atoms with Crippen LogP contribution in [0, 0.1) is 20.8 Å². The molecular weight excluding hydrogens is 318 g/mol. The molecule has 0 aliphatic heterocycles. The van der Waals surface area contributed by atoms with Crippen LogP contribution >= 0.6 is 11.3 Å². The van der Waals surface area contributed by atoms with Crippen molar-refractivity contribution in [1.82, 2.24) is 4.90 Å². The van der Waals surface area contributed by atoms with Gasteiger partial charge in [0.25, 0.3) is 0 Å². The van der Waals surface area contributed by atoms with Gasteiger partial charge < -0.3 is 10.2 Å². The van der Waals surface area contributed by atoms with Gasteiger partial charge in [0, 0.05) is 24.0 Å². The molecule has 1 aromatic carbocycles. The molecule has 0 saturated heterocycles. The van der Waals surface area contributed by atoms with Crippen LogP contribution in [0.1, 0.15) is 46.0 Å². The molecule has 2 aromatic rings. The Balaban J connectivity index is 2.35. The fourth-order valence-corrected chi connectivity index (χ4v) is 4.11. The zero-order valence-corrected chi connectivity index (χ0v) is 16.0. The molecule has 0 radical (unpaired) electrons. The second-order valence-electron chi connectivity index (χ2n) is 6.48. The number of hydrogen-bond donors (Lipinski definition) is 2. The second-order valence-corrected chi connectivity index (χ2v) is 7.51. The first-order valence-corrected chi connectivity index (χ1v) is 9.46. The highest BCUT2D eigenvalue weighted by molar-refractivity contribution is 7.09. The molecule has 24 heavy (non-hydrogen) atoms. The average Bonchev–Trinajstić information content (AvgIpc) is 3.05. The molecule has 0 amide bonds. The summed E-state index contributed by atoms with van der Waals surface area (Å²) in [7, 11) is 0. The number of nitrogens with zero attached hydrogens (tertiary/aromatic N) is 1. The Morgan fingerprint density at radius 2 is 1.79 bits per heavy atom. The molecule has 0 aliphatic carbocycles. The van der Waals surface area contributed by atoms with Gasteiger partial charge in [-0.15, -0.1) is 11.3 Å². The van der Waals surface area contributed by atoms with Crippen LogP contribution in [0.25, 0.3) is 0 Å². The van der Waals surface area contributed by atoms with Crippen LogP contribution in [0.4, 0.5) is 0 Å². The average molecular weight is 348 g/mol. The summed E-state index contributed by atoms with van der Waals surface area (Å²) in [6, 6.07) is 6.53. The summed E-state index contributed by atoms with van der Waals surface area (Å²) >= 11 is 1.76. The maximum Gasteiger partial charge on any atom is 0.0687 e. The van der Waals surface area contributed by atoms with Crippen molar-refractivity contribution in [2.24, 2.45) is 0 Å². The molecule has 1 aromatic heterocycles. The summed E-state index contributed by atoms with van der Waals surface area (Å²) in [5.74, 6) is 0. The predicted molar refractivity (Wildman–Crippen MR) is 101 cm³/mol. The van der Waals surface area contributed by atoms with Gasteiger partial charge in [-0.3, -0.25) is 4.90 Å². The number of aliphatic hydroxyl groups is 2. The molecule has 132 valence electrons. The third-order valence-corrected chi connectivity index (χ3v) is 5.81. The highest BCUT2D eigenvalue weighted by Gasteiger charge is 2.20. The molecule has 3 nitrogen and oxygen atoms in total. The summed E-state index contributed by atoms with van der Waals surface area (Å²) in [6.45, 7) is 10.3. The molecule has 0 fully saturated rings. The molecule has 4 heteroatoms. The van der Waals surface area contributed by atoms with Gasteiger partial charge in [-0.05, 0) is 66.5 Å². The van der Waals surface area contributed by atoms with Gasteiger partial charge in [0.15, 0.2) is 0 Å². The van der Waals surface area contributed by atoms with E-state index in [4.69, 9.17) is 0 Å². The van der Waals surface area contributed by atoms with E-state index in [1.54, 1.807) is 11.3 Å². The predicted octanol–water partition coefficient (Wildman–Crippen LogP) is 3.94. The Kier molecular flexibility index (Phi) is 6.99. The zero-order valence-electron chi connectivity index (χ0n) is 15.2. The molecule has 0 aliphatic rings. The van der Waals surface area contributed by atoms with Crippen LogP contribution in [0.5, 0.6) is 0 Å². The molecule has 2 N–H and O–H groups in total. The normalized spacial score (nSPS) is 12.8. The van der Waals surface area contributed by atoms with Gasteiger partial charge in [-0.25, -0.2) is 0 Å². The third-order valence-electron chi connectivity index (χ3n) is 4.95. The Morgan fingerprint density at radius 1 is 1.08 bits per heavy atom. The number of aryl methyl sites for hydroxylation is 2. The van der Waals surface area contributed by atoms with Crippen LogP contribution in [0.15, 0.2) is 23.6 Å². The van der Waals surface area contributed by atoms with E-state index in [0.717, 1.165) is 30.6 Å². The highest BCUT2D eigenvalue weighted by Crippen LogP contribution is 2.26. The minimum atomic E-state index is 0.0765. The Labute approximate surface area is 149 Å². The van der Waals surface area contributed by atoms with Gasteiger partial charge in [0.2, 0.25) is 0 Å². The Bertz CT molecular complexity index is 648. The third kappa shape index (κ3) is 4.25. The van der Waals surface area contributed by atoms with E-state index in [9.17, 15) is 10.2 Å². The van der Waals surface area contributed by atoms with E-state index in [0.29, 0.717) is 0 Å². The van der Waals surface area contributed by atoms with Gasteiger partial charge >= 0.3 is 0 Å². The lowest BCUT2D eigenvalue weighted by atomic mass is 9.93. The highest BCUT2D eigenvalue weighted by atomic mass is 32.1. The first-order valence-electron chi connectivity index (χ1n) is 8.58. The fraction of sp³-hybridized carbons (Fsp3) is 0.500. The summed E-state index contributed by atoms with van der Waals surface area (Å²) in [5, 5.41) is 21.6. The molecule has 0 saturated carbocycles. The molecule has 2 rings (SSSR count). The van der Waals surface area contributed by atoms with E-state index < -0.39 is 0 Å². The monoisotopic (exact) mass is 347 g/mol. The summed E-state index contributed by atoms with van der Waals surface area (Å²) in [6.07, 6.45) is 0.915. The van der Waals surface area contributed by atoms with Crippen molar-refractivity contribution >= 4 is 11.3 Å². The largest absolute Gasteiger partial charge is 0.395 e. The quantitative estimate of drug-likeness (QED) is 0.760. The molecule has 1 atom stereocenters. The van der Waals surface area contributed by atoms with E-state index in [1.807, 2.05) is 0 Å². The smallest absolute Gasteiger partial charge is 0.0687 e. The lowest BCUT2D eigenvalue weighted by molar-refractivity contribution is 0.107. The first-order chi connectivity index (χ1) is 11.5. The van der Waals surface area contributed by atoms with Crippen molar-refractivity contribution in [2.75, 3.05) is 6.61 Å². The van der Waals surface area contributed by atoms with Crippen LogP contribution in [0.3, 0.4) is 0 Å². The topological polar surface area (TPSA) is 43.7 Å². The van der Waals surface area contributed by atoms with E-state index >= 15 is 0 Å². The van der Waals surface area contributed by atoms with Crippen LogP contribution in [0.2, 0.25) is 0 Å². The molecule has 1 heterocycles. The van der Waals surface area contributed by atoms with Gasteiger partial charge in [-0.2, -0.15) is 0 Å². The molecule has 0 spiro atoms. The summed E-state index contributed by atoms with van der Waals surface area (Å²) in [5.41, 5.74) is 5.89. The minimum absolute atomic E-state index is 0.0765. The number of thiophene rings is 1. The lowest BCUT2D eigenvalue weighted by Crippen LogP contribution is -2.36. The standard InChI is InChI=1S/C20H29NO2S/c1-5-17(12-22)21(10-18-7-6-8-24-18)11-19-14(2)9-15(3)20(13-23)16(19)4/h6-9,17,22-23H,5,10-13H2,1-4H3. The van der Waals surface area contributed by atoms with Crippen molar-refractivity contribution in [2.45, 2.75) is 59.9 Å². The van der Waals surface area contributed by atoms with Crippen LogP contribution in [-0.2, 0) is 19.7 Å². The van der Waals surface area contributed by atoms with Crippen LogP contribution in [-0.4, -0.2) is 27.8 Å². The van der Waals surface area contributed by atoms with Crippen molar-refractivity contribution in [3.63, 3.8) is 0 Å². The number of aliphatic hydroxyl groups excluding tert-OH is 2. The fourth-order valence-electron chi connectivity index (χ4n) is 3.38. The van der Waals surface area contributed by atoms with Gasteiger partial charge in [0.1, 0.15) is 0 Å². The molecule has 0 bridgehead atoms. The maximum atomic E-state index is 9.81. The maximum absolute atomic E-state index is 9.81. The summed E-state index contributed by atoms with van der Waals surface area (Å²) in [4.78, 5) is 3.67. The minimum Gasteiger partial charge on any atom is -0.395 e. The second kappa shape index (κ2) is 8.77. The SMILES string of the molecule is CCC(CO)N(Cc1cccs1)Cc1c(C)cc(C)c(CO)c1C. The first kappa shape index (κ1) is 19.1. The number of hydrogen-bond acceptors (Lipinski definition) is 4. The lowest BCUT2D eigenvalue weighted by Gasteiger charge is -2.31. The van der Waals surface area contributed by atoms with Crippen molar-refractivity contribution in [3.05, 3.63) is 56.3 Å². The van der Waals surface area contributed by atoms with Crippen molar-refractivity contribution < 1.29 is 10.2 Å². The molecule has 1 unspecified atom stereocenters. The van der Waals surface area contributed by atoms with E-state index in [2.05, 4.69) is 56.2 Å². The Morgan fingerprint density at radius 3 is 2.33 bits per heavy atom.